The molecule has 0 bridgehead atoms. The van der Waals surface area contributed by atoms with Crippen molar-refractivity contribution in [2.75, 3.05) is 32.2 Å². The van der Waals surface area contributed by atoms with Crippen LogP contribution in [-0.4, -0.2) is 32.8 Å². The van der Waals surface area contributed by atoms with Crippen LogP contribution in [0.15, 0.2) is 18.2 Å². The van der Waals surface area contributed by atoms with Crippen molar-refractivity contribution in [2.45, 2.75) is 32.2 Å². The summed E-state index contributed by atoms with van der Waals surface area (Å²) in [6, 6.07) is 6.19. The molecule has 1 amide bonds. The van der Waals surface area contributed by atoms with Crippen LogP contribution < -0.4 is 15.4 Å². The SMILES string of the molecule is COCCCCCNC(C)c1ccc2c(c1)NC(=O)CO2. The molecule has 2 N–H and O–H groups in total. The highest BCUT2D eigenvalue weighted by Crippen LogP contribution is 2.30. The van der Waals surface area contributed by atoms with Gasteiger partial charge < -0.3 is 20.1 Å². The van der Waals surface area contributed by atoms with Crippen molar-refractivity contribution in [3.63, 3.8) is 0 Å². The van der Waals surface area contributed by atoms with E-state index in [-0.39, 0.29) is 18.6 Å². The fourth-order valence-corrected chi connectivity index (χ4v) is 2.35. The lowest BCUT2D eigenvalue weighted by atomic mass is 10.1. The van der Waals surface area contributed by atoms with Gasteiger partial charge in [0, 0.05) is 19.8 Å². The number of methoxy groups -OCH3 is 1. The van der Waals surface area contributed by atoms with E-state index < -0.39 is 0 Å². The first-order valence-corrected chi connectivity index (χ1v) is 7.49. The number of amides is 1. The average molecular weight is 292 g/mol. The molecule has 1 aliphatic heterocycles. The summed E-state index contributed by atoms with van der Waals surface area (Å²) in [6.07, 6.45) is 3.41. The number of rotatable bonds is 8. The third-order valence-electron chi connectivity index (χ3n) is 3.61. The van der Waals surface area contributed by atoms with E-state index in [9.17, 15) is 4.79 Å². The number of unbranched alkanes of at least 4 members (excludes halogenated alkanes) is 2. The molecule has 0 saturated heterocycles. The number of carbonyl (C=O) groups excluding carboxylic acids is 1. The highest BCUT2D eigenvalue weighted by atomic mass is 16.5. The van der Waals surface area contributed by atoms with Crippen LogP contribution in [0.2, 0.25) is 0 Å². The minimum atomic E-state index is -0.0987. The van der Waals surface area contributed by atoms with Crippen LogP contribution in [0.4, 0.5) is 5.69 Å². The zero-order valence-electron chi connectivity index (χ0n) is 12.8. The highest BCUT2D eigenvalue weighted by molar-refractivity contribution is 5.95. The van der Waals surface area contributed by atoms with E-state index >= 15 is 0 Å². The van der Waals surface area contributed by atoms with Gasteiger partial charge in [-0.25, -0.2) is 0 Å². The summed E-state index contributed by atoms with van der Waals surface area (Å²) in [5.41, 5.74) is 1.91. The van der Waals surface area contributed by atoms with E-state index in [4.69, 9.17) is 9.47 Å². The largest absolute Gasteiger partial charge is 0.482 e. The zero-order valence-corrected chi connectivity index (χ0v) is 12.8. The van der Waals surface area contributed by atoms with Crippen LogP contribution in [0.5, 0.6) is 5.75 Å². The third kappa shape index (κ3) is 4.72. The van der Waals surface area contributed by atoms with Crippen molar-refractivity contribution in [3.8, 4) is 5.75 Å². The lowest BCUT2D eigenvalue weighted by Crippen LogP contribution is -2.26. The molecule has 1 aromatic rings. The summed E-state index contributed by atoms with van der Waals surface area (Å²) in [5.74, 6) is 0.642. The van der Waals surface area contributed by atoms with Gasteiger partial charge in [-0.1, -0.05) is 6.07 Å². The first-order valence-electron chi connectivity index (χ1n) is 7.49. The van der Waals surface area contributed by atoms with E-state index in [1.807, 2.05) is 18.2 Å². The van der Waals surface area contributed by atoms with Crippen LogP contribution in [-0.2, 0) is 9.53 Å². The number of carbonyl (C=O) groups is 1. The molecule has 0 fully saturated rings. The first-order chi connectivity index (χ1) is 10.2. The Kier molecular flexibility index (Phi) is 6.02. The second kappa shape index (κ2) is 8.00. The molecule has 1 atom stereocenters. The molecule has 5 nitrogen and oxygen atoms in total. The second-order valence-electron chi connectivity index (χ2n) is 5.32. The normalized spacial score (nSPS) is 15.0. The predicted molar refractivity (Wildman–Crippen MR) is 82.7 cm³/mol. The van der Waals surface area contributed by atoms with Crippen LogP contribution in [0.3, 0.4) is 0 Å². The molecule has 5 heteroatoms. The van der Waals surface area contributed by atoms with Gasteiger partial charge in [0.25, 0.3) is 5.91 Å². The Morgan fingerprint density at radius 1 is 1.38 bits per heavy atom. The van der Waals surface area contributed by atoms with Gasteiger partial charge in [0.15, 0.2) is 6.61 Å². The van der Waals surface area contributed by atoms with Crippen LogP contribution in [0, 0.1) is 0 Å². The van der Waals surface area contributed by atoms with Gasteiger partial charge in [-0.3, -0.25) is 4.79 Å². The summed E-state index contributed by atoms with van der Waals surface area (Å²) in [5, 5.41) is 6.34. The number of hydrogen-bond acceptors (Lipinski definition) is 4. The standard InChI is InChI=1S/C16H24N2O3/c1-12(17-8-4-3-5-9-20-2)13-6-7-15-14(10-13)18-16(19)11-21-15/h6-7,10,12,17H,3-5,8-9,11H2,1-2H3,(H,18,19). The number of hydrogen-bond donors (Lipinski definition) is 2. The van der Waals surface area contributed by atoms with Crippen molar-refractivity contribution >= 4 is 11.6 Å². The highest BCUT2D eigenvalue weighted by Gasteiger charge is 2.17. The van der Waals surface area contributed by atoms with E-state index in [1.165, 1.54) is 6.42 Å². The smallest absolute Gasteiger partial charge is 0.262 e. The van der Waals surface area contributed by atoms with E-state index in [0.29, 0.717) is 0 Å². The van der Waals surface area contributed by atoms with E-state index in [0.717, 1.165) is 43.0 Å². The fourth-order valence-electron chi connectivity index (χ4n) is 2.35. The van der Waals surface area contributed by atoms with Crippen molar-refractivity contribution in [1.29, 1.82) is 0 Å². The van der Waals surface area contributed by atoms with Crippen LogP contribution in [0.25, 0.3) is 0 Å². The third-order valence-corrected chi connectivity index (χ3v) is 3.61. The summed E-state index contributed by atoms with van der Waals surface area (Å²) in [4.78, 5) is 11.3. The Labute approximate surface area is 126 Å². The van der Waals surface area contributed by atoms with Gasteiger partial charge in [0.2, 0.25) is 0 Å². The summed E-state index contributed by atoms with van der Waals surface area (Å²) >= 11 is 0. The minimum absolute atomic E-state index is 0.0987. The zero-order chi connectivity index (χ0) is 15.1. The minimum Gasteiger partial charge on any atom is -0.482 e. The fraction of sp³-hybridized carbons (Fsp3) is 0.562. The van der Waals surface area contributed by atoms with Crippen LogP contribution >= 0.6 is 0 Å². The molecule has 1 unspecified atom stereocenters. The van der Waals surface area contributed by atoms with Gasteiger partial charge >= 0.3 is 0 Å². The van der Waals surface area contributed by atoms with Crippen molar-refractivity contribution in [3.05, 3.63) is 23.8 Å². The molecule has 0 spiro atoms. The molecule has 21 heavy (non-hydrogen) atoms. The first kappa shape index (κ1) is 15.8. The van der Waals surface area contributed by atoms with Gasteiger partial charge in [0.05, 0.1) is 5.69 Å². The van der Waals surface area contributed by atoms with Gasteiger partial charge in [0.1, 0.15) is 5.75 Å². The molecule has 0 aliphatic carbocycles. The van der Waals surface area contributed by atoms with Crippen molar-refractivity contribution in [1.82, 2.24) is 5.32 Å². The molecule has 0 saturated carbocycles. The Balaban J connectivity index is 1.81. The summed E-state index contributed by atoms with van der Waals surface area (Å²) < 4.78 is 10.4. The van der Waals surface area contributed by atoms with Gasteiger partial charge in [-0.15, -0.1) is 0 Å². The number of ether oxygens (including phenoxy) is 2. The maximum atomic E-state index is 11.3. The van der Waals surface area contributed by atoms with E-state index in [1.54, 1.807) is 7.11 Å². The molecular formula is C16H24N2O3. The maximum absolute atomic E-state index is 11.3. The number of fused-ring (bicyclic) bond motifs is 1. The average Bonchev–Trinajstić information content (AvgIpc) is 2.49. The lowest BCUT2D eigenvalue weighted by Gasteiger charge is -2.21. The molecule has 1 aliphatic rings. The second-order valence-corrected chi connectivity index (χ2v) is 5.32. The van der Waals surface area contributed by atoms with Crippen LogP contribution in [0.1, 0.15) is 37.8 Å². The molecule has 0 radical (unpaired) electrons. The molecule has 1 heterocycles. The summed E-state index contributed by atoms with van der Waals surface area (Å²) in [6.45, 7) is 4.04. The number of anilines is 1. The Bertz CT molecular complexity index is 477. The van der Waals surface area contributed by atoms with Crippen molar-refractivity contribution in [2.24, 2.45) is 0 Å². The molecule has 1 aromatic carbocycles. The molecule has 2 rings (SSSR count). The van der Waals surface area contributed by atoms with Gasteiger partial charge in [-0.05, 0) is 50.4 Å². The number of nitrogens with one attached hydrogen (secondary N) is 2. The quantitative estimate of drug-likeness (QED) is 0.723. The Hall–Kier alpha value is -1.59. The number of benzene rings is 1. The van der Waals surface area contributed by atoms with Crippen molar-refractivity contribution < 1.29 is 14.3 Å². The summed E-state index contributed by atoms with van der Waals surface area (Å²) in [7, 11) is 1.74. The molecule has 116 valence electrons. The van der Waals surface area contributed by atoms with Gasteiger partial charge in [-0.2, -0.15) is 0 Å². The topological polar surface area (TPSA) is 59.6 Å². The monoisotopic (exact) mass is 292 g/mol. The molecule has 0 aromatic heterocycles. The Morgan fingerprint density at radius 3 is 3.05 bits per heavy atom. The lowest BCUT2D eigenvalue weighted by molar-refractivity contribution is -0.118. The Morgan fingerprint density at radius 2 is 2.24 bits per heavy atom. The maximum Gasteiger partial charge on any atom is 0.262 e. The predicted octanol–water partition coefficient (Wildman–Crippen LogP) is 2.48. The van der Waals surface area contributed by atoms with E-state index in [2.05, 4.69) is 17.6 Å². The molecular weight excluding hydrogens is 268 g/mol.